The summed E-state index contributed by atoms with van der Waals surface area (Å²) < 4.78 is 24.9. The summed E-state index contributed by atoms with van der Waals surface area (Å²) in [6.07, 6.45) is -0.739. The van der Waals surface area contributed by atoms with Crippen molar-refractivity contribution in [2.24, 2.45) is 0 Å². The van der Waals surface area contributed by atoms with E-state index in [9.17, 15) is 13.6 Å². The van der Waals surface area contributed by atoms with Gasteiger partial charge in [-0.1, -0.05) is 22.0 Å². The van der Waals surface area contributed by atoms with Crippen LogP contribution in [0.3, 0.4) is 0 Å². The Labute approximate surface area is 106 Å². The minimum absolute atomic E-state index is 0.0527. The Morgan fingerprint density at radius 1 is 1.44 bits per heavy atom. The quantitative estimate of drug-likeness (QED) is 0.468. The lowest BCUT2D eigenvalue weighted by atomic mass is 10.1. The standard InChI is InChI=1S/C11H11BrF2OS/c1-6(12)10(15)8-4-3-7(11(13)14)5-9(8)16-2/h3-6,11H,1-2H3. The Bertz CT molecular complexity index is 394. The van der Waals surface area contributed by atoms with E-state index in [4.69, 9.17) is 0 Å². The fourth-order valence-corrected chi connectivity index (χ4v) is 2.15. The zero-order chi connectivity index (χ0) is 12.3. The maximum atomic E-state index is 12.5. The first-order valence-corrected chi connectivity index (χ1v) is 6.75. The van der Waals surface area contributed by atoms with Crippen molar-refractivity contribution in [3.8, 4) is 0 Å². The molecule has 0 bridgehead atoms. The molecule has 0 heterocycles. The van der Waals surface area contributed by atoms with Gasteiger partial charge in [0, 0.05) is 16.0 Å². The van der Waals surface area contributed by atoms with E-state index in [1.54, 1.807) is 13.2 Å². The summed E-state index contributed by atoms with van der Waals surface area (Å²) in [6.45, 7) is 1.72. The van der Waals surface area contributed by atoms with Gasteiger partial charge in [0.25, 0.3) is 6.43 Å². The number of alkyl halides is 3. The number of ketones is 1. The van der Waals surface area contributed by atoms with E-state index in [-0.39, 0.29) is 16.2 Å². The van der Waals surface area contributed by atoms with Crippen LogP contribution >= 0.6 is 27.7 Å². The first-order valence-electron chi connectivity index (χ1n) is 4.61. The van der Waals surface area contributed by atoms with Crippen LogP contribution in [0.5, 0.6) is 0 Å². The molecule has 1 aromatic carbocycles. The van der Waals surface area contributed by atoms with Crippen LogP contribution in [0.1, 0.15) is 29.3 Å². The normalized spacial score (nSPS) is 12.9. The molecule has 0 aliphatic rings. The van der Waals surface area contributed by atoms with Gasteiger partial charge in [0.15, 0.2) is 5.78 Å². The highest BCUT2D eigenvalue weighted by molar-refractivity contribution is 9.10. The van der Waals surface area contributed by atoms with E-state index in [0.29, 0.717) is 10.5 Å². The maximum Gasteiger partial charge on any atom is 0.263 e. The Morgan fingerprint density at radius 2 is 2.06 bits per heavy atom. The number of hydrogen-bond acceptors (Lipinski definition) is 2. The van der Waals surface area contributed by atoms with Crippen molar-refractivity contribution in [1.82, 2.24) is 0 Å². The Balaban J connectivity index is 3.17. The van der Waals surface area contributed by atoms with Crippen molar-refractivity contribution in [3.05, 3.63) is 29.3 Å². The van der Waals surface area contributed by atoms with Crippen molar-refractivity contribution in [2.45, 2.75) is 23.1 Å². The predicted molar refractivity (Wildman–Crippen MR) is 65.9 cm³/mol. The second kappa shape index (κ2) is 5.77. The fraction of sp³-hybridized carbons (Fsp3) is 0.364. The molecular weight excluding hydrogens is 298 g/mol. The Hall–Kier alpha value is -0.420. The minimum Gasteiger partial charge on any atom is -0.293 e. The molecule has 1 rings (SSSR count). The van der Waals surface area contributed by atoms with Gasteiger partial charge in [0.1, 0.15) is 0 Å². The SMILES string of the molecule is CSc1cc(C(F)F)ccc1C(=O)C(C)Br. The van der Waals surface area contributed by atoms with Crippen molar-refractivity contribution in [2.75, 3.05) is 6.26 Å². The molecule has 0 aromatic heterocycles. The lowest BCUT2D eigenvalue weighted by Gasteiger charge is -2.10. The van der Waals surface area contributed by atoms with E-state index in [1.165, 1.54) is 30.0 Å². The van der Waals surface area contributed by atoms with Gasteiger partial charge in [-0.05, 0) is 25.3 Å². The highest BCUT2D eigenvalue weighted by atomic mass is 79.9. The number of carbonyl (C=O) groups excluding carboxylic acids is 1. The molecule has 0 aliphatic carbocycles. The molecule has 1 aromatic rings. The number of hydrogen-bond donors (Lipinski definition) is 0. The summed E-state index contributed by atoms with van der Waals surface area (Å²) in [5.74, 6) is -0.0924. The molecule has 0 N–H and O–H groups in total. The molecule has 0 spiro atoms. The lowest BCUT2D eigenvalue weighted by Crippen LogP contribution is -2.11. The molecule has 0 radical (unpaired) electrons. The summed E-state index contributed by atoms with van der Waals surface area (Å²) in [5, 5.41) is 0. The molecule has 0 saturated carbocycles. The van der Waals surface area contributed by atoms with Gasteiger partial charge in [-0.15, -0.1) is 11.8 Å². The molecule has 0 fully saturated rings. The molecule has 1 nitrogen and oxygen atoms in total. The smallest absolute Gasteiger partial charge is 0.263 e. The van der Waals surface area contributed by atoms with Crippen LogP contribution in [0, 0.1) is 0 Å². The zero-order valence-electron chi connectivity index (χ0n) is 8.84. The Kier molecular flexibility index (Phi) is 4.92. The molecule has 1 atom stereocenters. The maximum absolute atomic E-state index is 12.5. The average molecular weight is 309 g/mol. The highest BCUT2D eigenvalue weighted by Gasteiger charge is 2.17. The molecule has 1 unspecified atom stereocenters. The van der Waals surface area contributed by atoms with E-state index in [0.717, 1.165) is 0 Å². The van der Waals surface area contributed by atoms with Gasteiger partial charge in [0.2, 0.25) is 0 Å². The van der Waals surface area contributed by atoms with Crippen molar-refractivity contribution in [3.63, 3.8) is 0 Å². The van der Waals surface area contributed by atoms with Crippen molar-refractivity contribution >= 4 is 33.5 Å². The molecule has 0 amide bonds. The number of benzene rings is 1. The number of halogens is 3. The summed E-state index contributed by atoms with van der Waals surface area (Å²) >= 11 is 4.48. The van der Waals surface area contributed by atoms with Crippen molar-refractivity contribution in [1.29, 1.82) is 0 Å². The second-order valence-electron chi connectivity index (χ2n) is 3.24. The first kappa shape index (κ1) is 13.6. The third kappa shape index (κ3) is 3.04. The molecule has 0 saturated heterocycles. The third-order valence-electron chi connectivity index (χ3n) is 2.10. The second-order valence-corrected chi connectivity index (χ2v) is 5.46. The van der Waals surface area contributed by atoms with Gasteiger partial charge >= 0.3 is 0 Å². The van der Waals surface area contributed by atoms with Gasteiger partial charge in [-0.25, -0.2) is 8.78 Å². The highest BCUT2D eigenvalue weighted by Crippen LogP contribution is 2.28. The van der Waals surface area contributed by atoms with E-state index in [1.807, 2.05) is 0 Å². The van der Waals surface area contributed by atoms with Crippen LogP contribution in [0.2, 0.25) is 0 Å². The van der Waals surface area contributed by atoms with Crippen LogP contribution < -0.4 is 0 Å². The van der Waals surface area contributed by atoms with Gasteiger partial charge in [-0.3, -0.25) is 4.79 Å². The lowest BCUT2D eigenvalue weighted by molar-refractivity contribution is 0.0992. The van der Waals surface area contributed by atoms with E-state index in [2.05, 4.69) is 15.9 Å². The largest absolute Gasteiger partial charge is 0.293 e. The molecular formula is C11H11BrF2OS. The molecule has 16 heavy (non-hydrogen) atoms. The monoisotopic (exact) mass is 308 g/mol. The minimum atomic E-state index is -2.50. The van der Waals surface area contributed by atoms with Gasteiger partial charge in [-0.2, -0.15) is 0 Å². The zero-order valence-corrected chi connectivity index (χ0v) is 11.2. The van der Waals surface area contributed by atoms with E-state index < -0.39 is 6.43 Å². The summed E-state index contributed by atoms with van der Waals surface area (Å²) in [4.78, 5) is 12.0. The van der Waals surface area contributed by atoms with Gasteiger partial charge in [0.05, 0.1) is 4.83 Å². The van der Waals surface area contributed by atoms with E-state index >= 15 is 0 Å². The fourth-order valence-electron chi connectivity index (χ4n) is 1.26. The number of Topliss-reactive ketones (excluding diaryl/α,β-unsaturated/α-hetero) is 1. The predicted octanol–water partition coefficient (Wildman–Crippen LogP) is 4.31. The molecule has 5 heteroatoms. The van der Waals surface area contributed by atoms with Crippen LogP contribution in [0.15, 0.2) is 23.1 Å². The number of thioether (sulfide) groups is 1. The first-order chi connectivity index (χ1) is 7.47. The summed E-state index contributed by atoms with van der Waals surface area (Å²) in [5.41, 5.74) is 0.435. The molecule has 0 aliphatic heterocycles. The topological polar surface area (TPSA) is 17.1 Å². The van der Waals surface area contributed by atoms with Crippen LogP contribution in [-0.4, -0.2) is 16.9 Å². The summed E-state index contributed by atoms with van der Waals surface area (Å²) in [7, 11) is 0. The number of carbonyl (C=O) groups is 1. The Morgan fingerprint density at radius 3 is 2.50 bits per heavy atom. The summed E-state index contributed by atoms with van der Waals surface area (Å²) in [6, 6.07) is 4.14. The van der Waals surface area contributed by atoms with Crippen LogP contribution in [-0.2, 0) is 0 Å². The van der Waals surface area contributed by atoms with Crippen LogP contribution in [0.25, 0.3) is 0 Å². The average Bonchev–Trinajstić information content (AvgIpc) is 2.26. The number of rotatable bonds is 4. The van der Waals surface area contributed by atoms with Gasteiger partial charge < -0.3 is 0 Å². The third-order valence-corrected chi connectivity index (χ3v) is 3.30. The van der Waals surface area contributed by atoms with Crippen molar-refractivity contribution < 1.29 is 13.6 Å². The van der Waals surface area contributed by atoms with Crippen LogP contribution in [0.4, 0.5) is 8.78 Å². The molecule has 88 valence electrons.